The second-order valence-electron chi connectivity index (χ2n) is 3.99. The molecule has 1 rings (SSSR count). The normalized spacial score (nSPS) is 30.1. The fourth-order valence-electron chi connectivity index (χ4n) is 1.72. The van der Waals surface area contributed by atoms with Gasteiger partial charge in [0, 0.05) is 25.2 Å². The van der Waals surface area contributed by atoms with Gasteiger partial charge in [-0.3, -0.25) is 9.59 Å². The fourth-order valence-corrected chi connectivity index (χ4v) is 2.47. The quantitative estimate of drug-likeness (QED) is 0.255. The van der Waals surface area contributed by atoms with Crippen molar-refractivity contribution in [3.63, 3.8) is 0 Å². The van der Waals surface area contributed by atoms with Gasteiger partial charge in [-0.1, -0.05) is 21.0 Å². The minimum Gasteiger partial charge on any atom is -0.463 e. The smallest absolute Gasteiger partial charge is 0.302 e. The molecule has 1 aliphatic rings. The first-order valence-electron chi connectivity index (χ1n) is 5.58. The molecule has 0 radical (unpaired) electrons. The maximum Gasteiger partial charge on any atom is 0.302 e. The van der Waals surface area contributed by atoms with Gasteiger partial charge in [-0.15, -0.1) is 0 Å². The SMILES string of the molecule is CC(=O)OCC1CC(OC(C)=O)C(N=[N+]=[N-])C(Br)O1. The van der Waals surface area contributed by atoms with Crippen LogP contribution in [-0.2, 0) is 23.8 Å². The topological polar surface area (TPSA) is 111 Å². The first-order valence-corrected chi connectivity index (χ1v) is 6.50. The Kier molecular flexibility index (Phi) is 6.07. The third-order valence-electron chi connectivity index (χ3n) is 2.44. The molecular weight excluding hydrogens is 322 g/mol. The predicted octanol–water partition coefficient (Wildman–Crippen LogP) is 1.67. The van der Waals surface area contributed by atoms with Gasteiger partial charge in [-0.05, 0) is 5.53 Å². The van der Waals surface area contributed by atoms with Crippen molar-refractivity contribution in [2.45, 2.75) is 43.5 Å². The Balaban J connectivity index is 2.71. The molecule has 0 aromatic heterocycles. The van der Waals surface area contributed by atoms with E-state index in [1.165, 1.54) is 13.8 Å². The summed E-state index contributed by atoms with van der Waals surface area (Å²) in [6, 6.07) is -0.664. The highest BCUT2D eigenvalue weighted by Gasteiger charge is 2.39. The highest BCUT2D eigenvalue weighted by Crippen LogP contribution is 2.29. The number of nitrogens with zero attached hydrogens (tertiary/aromatic N) is 3. The van der Waals surface area contributed by atoms with Gasteiger partial charge in [0.15, 0.2) is 0 Å². The molecule has 1 aliphatic heterocycles. The number of alkyl halides is 1. The van der Waals surface area contributed by atoms with E-state index in [-0.39, 0.29) is 6.61 Å². The van der Waals surface area contributed by atoms with Crippen LogP contribution in [0.4, 0.5) is 0 Å². The van der Waals surface area contributed by atoms with Crippen LogP contribution in [-0.4, -0.2) is 41.8 Å². The molecule has 8 nitrogen and oxygen atoms in total. The lowest BCUT2D eigenvalue weighted by molar-refractivity contribution is -0.164. The summed E-state index contributed by atoms with van der Waals surface area (Å²) in [5, 5.41) is 2.94. The first kappa shape index (κ1) is 15.7. The minimum absolute atomic E-state index is 0.0538. The van der Waals surface area contributed by atoms with Crippen molar-refractivity contribution in [3.05, 3.63) is 10.4 Å². The predicted molar refractivity (Wildman–Crippen MR) is 67.3 cm³/mol. The van der Waals surface area contributed by atoms with Gasteiger partial charge in [0.2, 0.25) is 0 Å². The van der Waals surface area contributed by atoms with Gasteiger partial charge in [-0.25, -0.2) is 0 Å². The lowest BCUT2D eigenvalue weighted by Crippen LogP contribution is -2.47. The van der Waals surface area contributed by atoms with Crippen molar-refractivity contribution in [2.24, 2.45) is 5.11 Å². The number of halogens is 1. The number of hydrogen-bond acceptors (Lipinski definition) is 6. The van der Waals surface area contributed by atoms with Crippen LogP contribution in [0.25, 0.3) is 10.4 Å². The van der Waals surface area contributed by atoms with Crippen LogP contribution in [0, 0.1) is 0 Å². The molecule has 4 unspecified atom stereocenters. The lowest BCUT2D eigenvalue weighted by atomic mass is 10.0. The Labute approximate surface area is 118 Å². The lowest BCUT2D eigenvalue weighted by Gasteiger charge is -2.36. The van der Waals surface area contributed by atoms with E-state index in [9.17, 15) is 9.59 Å². The molecule has 0 aromatic carbocycles. The van der Waals surface area contributed by atoms with E-state index < -0.39 is 35.2 Å². The molecule has 1 saturated heterocycles. The molecule has 19 heavy (non-hydrogen) atoms. The zero-order chi connectivity index (χ0) is 14.4. The van der Waals surface area contributed by atoms with Crippen LogP contribution in [0.5, 0.6) is 0 Å². The van der Waals surface area contributed by atoms with E-state index in [4.69, 9.17) is 19.7 Å². The van der Waals surface area contributed by atoms with Crippen molar-refractivity contribution >= 4 is 27.9 Å². The second-order valence-corrected chi connectivity index (χ2v) is 4.89. The summed E-state index contributed by atoms with van der Waals surface area (Å²) in [4.78, 5) is 24.5. The van der Waals surface area contributed by atoms with Crippen molar-refractivity contribution in [1.82, 2.24) is 0 Å². The molecule has 0 aromatic rings. The van der Waals surface area contributed by atoms with Gasteiger partial charge < -0.3 is 14.2 Å². The molecule has 9 heteroatoms. The van der Waals surface area contributed by atoms with Crippen LogP contribution in [0.15, 0.2) is 5.11 Å². The number of esters is 2. The number of ether oxygens (including phenoxy) is 3. The molecule has 0 N–H and O–H groups in total. The molecule has 106 valence electrons. The minimum atomic E-state index is -0.664. The van der Waals surface area contributed by atoms with E-state index in [2.05, 4.69) is 26.0 Å². The number of carbonyl (C=O) groups excluding carboxylic acids is 2. The van der Waals surface area contributed by atoms with Gasteiger partial charge in [0.05, 0.1) is 6.10 Å². The van der Waals surface area contributed by atoms with E-state index >= 15 is 0 Å². The third-order valence-corrected chi connectivity index (χ3v) is 3.20. The van der Waals surface area contributed by atoms with Crippen molar-refractivity contribution in [1.29, 1.82) is 0 Å². The molecule has 0 bridgehead atoms. The standard InChI is InChI=1S/C10H14BrN3O5/c1-5(15)17-4-7-3-8(18-6(2)16)9(13-14-12)10(11)19-7/h7-10H,3-4H2,1-2H3. The summed E-state index contributed by atoms with van der Waals surface area (Å²) in [7, 11) is 0. The maximum atomic E-state index is 11.0. The fraction of sp³-hybridized carbons (Fsp3) is 0.800. The van der Waals surface area contributed by atoms with Crippen molar-refractivity contribution in [3.8, 4) is 0 Å². The third kappa shape index (κ3) is 5.06. The first-order chi connectivity index (χ1) is 8.93. The Hall–Kier alpha value is -1.31. The van der Waals surface area contributed by atoms with Crippen LogP contribution < -0.4 is 0 Å². The Morgan fingerprint density at radius 1 is 1.47 bits per heavy atom. The Morgan fingerprint density at radius 2 is 2.16 bits per heavy atom. The highest BCUT2D eigenvalue weighted by atomic mass is 79.9. The zero-order valence-electron chi connectivity index (χ0n) is 10.5. The number of hydrogen-bond donors (Lipinski definition) is 0. The van der Waals surface area contributed by atoms with Crippen molar-refractivity contribution < 1.29 is 23.8 Å². The van der Waals surface area contributed by atoms with Crippen LogP contribution in [0.2, 0.25) is 0 Å². The summed E-state index contributed by atoms with van der Waals surface area (Å²) in [6.07, 6.45) is -0.756. The Bertz CT molecular complexity index is 399. The highest BCUT2D eigenvalue weighted by molar-refractivity contribution is 9.09. The summed E-state index contributed by atoms with van der Waals surface area (Å²) in [5.41, 5.74) is 8.50. The molecule has 1 fully saturated rings. The van der Waals surface area contributed by atoms with Gasteiger partial charge in [0.1, 0.15) is 23.8 Å². The molecule has 0 saturated carbocycles. The number of azide groups is 1. The number of rotatable bonds is 4. The summed E-state index contributed by atoms with van der Waals surface area (Å²) >= 11 is 3.21. The van der Waals surface area contributed by atoms with Gasteiger partial charge >= 0.3 is 11.9 Å². The van der Waals surface area contributed by atoms with Crippen LogP contribution >= 0.6 is 15.9 Å². The summed E-state index contributed by atoms with van der Waals surface area (Å²) < 4.78 is 15.5. The summed E-state index contributed by atoms with van der Waals surface area (Å²) in [6.45, 7) is 2.62. The van der Waals surface area contributed by atoms with E-state index in [0.29, 0.717) is 6.42 Å². The Morgan fingerprint density at radius 3 is 2.68 bits per heavy atom. The van der Waals surface area contributed by atoms with Crippen LogP contribution in [0.3, 0.4) is 0 Å². The maximum absolute atomic E-state index is 11.0. The molecular formula is C10H14BrN3O5. The average molecular weight is 336 g/mol. The average Bonchev–Trinajstić information content (AvgIpc) is 2.30. The summed E-state index contributed by atoms with van der Waals surface area (Å²) in [5.74, 6) is -0.896. The van der Waals surface area contributed by atoms with Crippen LogP contribution in [0.1, 0.15) is 20.3 Å². The van der Waals surface area contributed by atoms with E-state index in [1.54, 1.807) is 0 Å². The number of carbonyl (C=O) groups is 2. The van der Waals surface area contributed by atoms with Gasteiger partial charge in [0.25, 0.3) is 0 Å². The zero-order valence-corrected chi connectivity index (χ0v) is 12.1. The van der Waals surface area contributed by atoms with E-state index in [0.717, 1.165) is 0 Å². The molecule has 0 aliphatic carbocycles. The molecule has 4 atom stereocenters. The monoisotopic (exact) mass is 335 g/mol. The molecule has 0 amide bonds. The molecule has 0 spiro atoms. The second kappa shape index (κ2) is 7.32. The van der Waals surface area contributed by atoms with Crippen molar-refractivity contribution in [2.75, 3.05) is 6.61 Å². The van der Waals surface area contributed by atoms with E-state index in [1.807, 2.05) is 0 Å². The van der Waals surface area contributed by atoms with Gasteiger partial charge in [-0.2, -0.15) is 0 Å². The largest absolute Gasteiger partial charge is 0.463 e. The molecule has 1 heterocycles.